The largest absolute Gasteiger partial charge is 0.327 e. The average molecular weight is 278 g/mol. The highest BCUT2D eigenvalue weighted by Crippen LogP contribution is 2.24. The molecule has 0 aliphatic heterocycles. The number of amides is 1. The molecule has 0 aromatic heterocycles. The van der Waals surface area contributed by atoms with Gasteiger partial charge in [0.1, 0.15) is 5.69 Å². The Bertz CT molecular complexity index is 453. The summed E-state index contributed by atoms with van der Waals surface area (Å²) in [6.07, 6.45) is 1.10. The Morgan fingerprint density at radius 1 is 1.26 bits per heavy atom. The van der Waals surface area contributed by atoms with Gasteiger partial charge in [0.25, 0.3) is 0 Å². The monoisotopic (exact) mass is 278 g/mol. The number of carbonyl (C=O) groups is 1. The number of rotatable bonds is 5. The molecule has 3 N–H and O–H groups in total. The van der Waals surface area contributed by atoms with E-state index < -0.39 is 40.9 Å². The molecule has 0 spiro atoms. The van der Waals surface area contributed by atoms with Crippen LogP contribution in [0.2, 0.25) is 0 Å². The quantitative estimate of drug-likeness (QED) is 0.642. The molecular formula is C12H14F4N2O. The zero-order chi connectivity index (χ0) is 14.6. The molecule has 1 unspecified atom stereocenters. The van der Waals surface area contributed by atoms with Gasteiger partial charge in [-0.15, -0.1) is 0 Å². The third-order valence-electron chi connectivity index (χ3n) is 2.48. The minimum atomic E-state index is -1.64. The van der Waals surface area contributed by atoms with Gasteiger partial charge in [-0.05, 0) is 6.42 Å². The highest BCUT2D eigenvalue weighted by Gasteiger charge is 2.21. The van der Waals surface area contributed by atoms with Gasteiger partial charge in [-0.2, -0.15) is 0 Å². The van der Waals surface area contributed by atoms with Gasteiger partial charge < -0.3 is 11.1 Å². The molecule has 1 aromatic rings. The van der Waals surface area contributed by atoms with Crippen LogP contribution >= 0.6 is 0 Å². The van der Waals surface area contributed by atoms with E-state index in [0.29, 0.717) is 6.42 Å². The molecule has 0 fully saturated rings. The molecule has 3 nitrogen and oxygen atoms in total. The number of halogens is 4. The number of hydrogen-bond donors (Lipinski definition) is 2. The highest BCUT2D eigenvalue weighted by molar-refractivity contribution is 5.91. The first kappa shape index (κ1) is 15.4. The van der Waals surface area contributed by atoms with E-state index in [1.165, 1.54) is 0 Å². The molecule has 0 saturated carbocycles. The van der Waals surface area contributed by atoms with Gasteiger partial charge in [0.15, 0.2) is 23.3 Å². The lowest BCUT2D eigenvalue weighted by atomic mass is 10.1. The molecule has 0 aliphatic rings. The summed E-state index contributed by atoms with van der Waals surface area (Å²) >= 11 is 0. The number of benzene rings is 1. The van der Waals surface area contributed by atoms with Gasteiger partial charge in [-0.25, -0.2) is 17.6 Å². The predicted molar refractivity (Wildman–Crippen MR) is 62.4 cm³/mol. The fraction of sp³-hybridized carbons (Fsp3) is 0.417. The van der Waals surface area contributed by atoms with Gasteiger partial charge in [-0.1, -0.05) is 13.3 Å². The Morgan fingerprint density at radius 2 is 1.79 bits per heavy atom. The average Bonchev–Trinajstić information content (AvgIpc) is 2.32. The number of carbonyl (C=O) groups excluding carboxylic acids is 1. The van der Waals surface area contributed by atoms with Crippen molar-refractivity contribution in [3.8, 4) is 0 Å². The van der Waals surface area contributed by atoms with Crippen LogP contribution in [-0.2, 0) is 4.79 Å². The zero-order valence-corrected chi connectivity index (χ0v) is 10.3. The number of nitrogens with two attached hydrogens (primary N) is 1. The minimum absolute atomic E-state index is 0.0726. The molecular weight excluding hydrogens is 264 g/mol. The third kappa shape index (κ3) is 3.92. The molecule has 0 saturated heterocycles. The third-order valence-corrected chi connectivity index (χ3v) is 2.48. The van der Waals surface area contributed by atoms with Crippen molar-refractivity contribution in [1.29, 1.82) is 0 Å². The topological polar surface area (TPSA) is 55.1 Å². The van der Waals surface area contributed by atoms with E-state index in [-0.39, 0.29) is 12.5 Å². The maximum Gasteiger partial charge on any atom is 0.226 e. The molecule has 1 rings (SSSR count). The van der Waals surface area contributed by atoms with E-state index in [0.717, 1.165) is 6.42 Å². The summed E-state index contributed by atoms with van der Waals surface area (Å²) in [5, 5.41) is 1.80. The van der Waals surface area contributed by atoms with Crippen molar-refractivity contribution < 1.29 is 22.4 Å². The van der Waals surface area contributed by atoms with Crippen molar-refractivity contribution in [2.45, 2.75) is 32.2 Å². The van der Waals surface area contributed by atoms with Crippen LogP contribution in [0.25, 0.3) is 0 Å². The van der Waals surface area contributed by atoms with E-state index >= 15 is 0 Å². The summed E-state index contributed by atoms with van der Waals surface area (Å²) < 4.78 is 52.3. The fourth-order valence-electron chi connectivity index (χ4n) is 1.58. The van der Waals surface area contributed by atoms with Crippen molar-refractivity contribution in [2.75, 3.05) is 5.32 Å². The van der Waals surface area contributed by atoms with Crippen LogP contribution in [0.1, 0.15) is 26.2 Å². The highest BCUT2D eigenvalue weighted by atomic mass is 19.2. The van der Waals surface area contributed by atoms with Crippen LogP contribution in [-0.4, -0.2) is 11.9 Å². The normalized spacial score (nSPS) is 12.3. The summed E-state index contributed by atoms with van der Waals surface area (Å²) in [7, 11) is 0. The van der Waals surface area contributed by atoms with Gasteiger partial charge >= 0.3 is 0 Å². The van der Waals surface area contributed by atoms with Crippen molar-refractivity contribution >= 4 is 11.6 Å². The van der Waals surface area contributed by atoms with E-state index in [1.54, 1.807) is 5.32 Å². The Hall–Kier alpha value is -1.63. The van der Waals surface area contributed by atoms with Gasteiger partial charge in [-0.3, -0.25) is 4.79 Å². The first-order valence-electron chi connectivity index (χ1n) is 5.75. The van der Waals surface area contributed by atoms with Crippen LogP contribution in [0.15, 0.2) is 6.07 Å². The molecule has 1 atom stereocenters. The molecule has 19 heavy (non-hydrogen) atoms. The number of hydrogen-bond acceptors (Lipinski definition) is 2. The second kappa shape index (κ2) is 6.51. The molecule has 7 heteroatoms. The maximum absolute atomic E-state index is 13.3. The van der Waals surface area contributed by atoms with E-state index in [2.05, 4.69) is 0 Å². The molecule has 0 heterocycles. The van der Waals surface area contributed by atoms with Crippen LogP contribution in [0.3, 0.4) is 0 Å². The van der Waals surface area contributed by atoms with Crippen LogP contribution in [0.4, 0.5) is 23.2 Å². The lowest BCUT2D eigenvalue weighted by Crippen LogP contribution is -2.27. The summed E-state index contributed by atoms with van der Waals surface area (Å²) in [6, 6.07) is -0.405. The standard InChI is InChI=1S/C12H14F4N2O/c1-2-3-6(17)4-9(19)18-12-10(15)7(13)5-8(14)11(12)16/h5-6H,2-4,17H2,1H3,(H,18,19). The minimum Gasteiger partial charge on any atom is -0.327 e. The fourth-order valence-corrected chi connectivity index (χ4v) is 1.58. The predicted octanol–water partition coefficient (Wildman–Crippen LogP) is 2.70. The summed E-state index contributed by atoms with van der Waals surface area (Å²) in [4.78, 5) is 11.5. The first-order valence-corrected chi connectivity index (χ1v) is 5.75. The smallest absolute Gasteiger partial charge is 0.226 e. The van der Waals surface area contributed by atoms with Crippen LogP contribution in [0, 0.1) is 23.3 Å². The molecule has 106 valence electrons. The lowest BCUT2D eigenvalue weighted by molar-refractivity contribution is -0.116. The Balaban J connectivity index is 2.85. The lowest BCUT2D eigenvalue weighted by Gasteiger charge is -2.12. The van der Waals surface area contributed by atoms with Crippen LogP contribution < -0.4 is 11.1 Å². The van der Waals surface area contributed by atoms with Crippen molar-refractivity contribution in [1.82, 2.24) is 0 Å². The molecule has 0 aliphatic carbocycles. The molecule has 1 amide bonds. The molecule has 0 bridgehead atoms. The molecule has 1 aromatic carbocycles. The SMILES string of the molecule is CCCC(N)CC(=O)Nc1c(F)c(F)cc(F)c1F. The van der Waals surface area contributed by atoms with Crippen molar-refractivity contribution in [3.63, 3.8) is 0 Å². The van der Waals surface area contributed by atoms with Gasteiger partial charge in [0.05, 0.1) is 0 Å². The second-order valence-electron chi connectivity index (χ2n) is 4.14. The number of nitrogens with one attached hydrogen (secondary N) is 1. The first-order chi connectivity index (χ1) is 8.86. The summed E-state index contributed by atoms with van der Waals surface area (Å²) in [5.74, 6) is -7.24. The second-order valence-corrected chi connectivity index (χ2v) is 4.14. The van der Waals surface area contributed by atoms with E-state index in [4.69, 9.17) is 5.73 Å². The Morgan fingerprint density at radius 3 is 2.26 bits per heavy atom. The van der Waals surface area contributed by atoms with Gasteiger partial charge in [0, 0.05) is 18.5 Å². The Labute approximate surface area is 107 Å². The summed E-state index contributed by atoms with van der Waals surface area (Å²) in [5.41, 5.74) is 4.45. The Kier molecular flexibility index (Phi) is 5.29. The van der Waals surface area contributed by atoms with E-state index in [1.807, 2.05) is 6.92 Å². The molecule has 0 radical (unpaired) electrons. The zero-order valence-electron chi connectivity index (χ0n) is 10.3. The van der Waals surface area contributed by atoms with Crippen molar-refractivity contribution in [2.24, 2.45) is 5.73 Å². The van der Waals surface area contributed by atoms with Crippen molar-refractivity contribution in [3.05, 3.63) is 29.3 Å². The number of anilines is 1. The van der Waals surface area contributed by atoms with Gasteiger partial charge in [0.2, 0.25) is 5.91 Å². The summed E-state index contributed by atoms with van der Waals surface area (Å²) in [6.45, 7) is 1.86. The van der Waals surface area contributed by atoms with E-state index in [9.17, 15) is 22.4 Å². The van der Waals surface area contributed by atoms with Crippen LogP contribution in [0.5, 0.6) is 0 Å². The maximum atomic E-state index is 13.3.